The molecule has 0 spiro atoms. The van der Waals surface area contributed by atoms with E-state index in [-0.39, 0.29) is 40.7 Å². The summed E-state index contributed by atoms with van der Waals surface area (Å²) in [6.45, 7) is 5.21. The van der Waals surface area contributed by atoms with E-state index in [4.69, 9.17) is 4.74 Å². The molecule has 1 amide bonds. The highest BCUT2D eigenvalue weighted by molar-refractivity contribution is 7.86. The van der Waals surface area contributed by atoms with Gasteiger partial charge in [-0.05, 0) is 51.3 Å². The molecule has 0 bridgehead atoms. The standard InChI is InChI=1S/C21H33NO6S/c1-15-12-13-19(20(14-15)29(25,26)27)22-21(24)11-9-7-5-6-8-10-18(16(2)23)17(3)28-4/h12-14,17-18H,5-11H2,1-4H3,(H,22,24)(H,25,26,27). The minimum atomic E-state index is -4.41. The van der Waals surface area contributed by atoms with E-state index >= 15 is 0 Å². The number of amides is 1. The van der Waals surface area contributed by atoms with Gasteiger partial charge in [-0.3, -0.25) is 14.1 Å². The number of hydrogen-bond acceptors (Lipinski definition) is 5. The largest absolute Gasteiger partial charge is 0.381 e. The molecule has 1 rings (SSSR count). The zero-order chi connectivity index (χ0) is 22.0. The number of benzene rings is 1. The van der Waals surface area contributed by atoms with Crippen molar-refractivity contribution in [1.82, 2.24) is 0 Å². The van der Waals surface area contributed by atoms with Crippen molar-refractivity contribution in [2.45, 2.75) is 76.7 Å². The molecule has 2 unspecified atom stereocenters. The minimum Gasteiger partial charge on any atom is -0.381 e. The van der Waals surface area contributed by atoms with Crippen LogP contribution in [0.2, 0.25) is 0 Å². The lowest BCUT2D eigenvalue weighted by Gasteiger charge is -2.20. The summed E-state index contributed by atoms with van der Waals surface area (Å²) in [5, 5.41) is 2.56. The van der Waals surface area contributed by atoms with Crippen LogP contribution in [0.15, 0.2) is 23.1 Å². The molecule has 164 valence electrons. The molecule has 0 aliphatic heterocycles. The van der Waals surface area contributed by atoms with E-state index in [1.807, 2.05) is 6.92 Å². The van der Waals surface area contributed by atoms with Crippen LogP contribution in [0.25, 0.3) is 0 Å². The zero-order valence-electron chi connectivity index (χ0n) is 17.7. The maximum absolute atomic E-state index is 12.1. The average molecular weight is 428 g/mol. The van der Waals surface area contributed by atoms with E-state index < -0.39 is 10.1 Å². The lowest BCUT2D eigenvalue weighted by atomic mass is 9.92. The number of carbonyl (C=O) groups is 2. The van der Waals surface area contributed by atoms with Crippen molar-refractivity contribution >= 4 is 27.5 Å². The first-order chi connectivity index (χ1) is 13.6. The molecule has 0 radical (unpaired) electrons. The highest BCUT2D eigenvalue weighted by atomic mass is 32.2. The summed E-state index contributed by atoms with van der Waals surface area (Å²) in [6, 6.07) is 4.47. The van der Waals surface area contributed by atoms with Gasteiger partial charge in [-0.15, -0.1) is 0 Å². The van der Waals surface area contributed by atoms with Gasteiger partial charge < -0.3 is 10.1 Å². The Kier molecular flexibility index (Phi) is 10.5. The van der Waals surface area contributed by atoms with E-state index in [1.165, 1.54) is 12.1 Å². The number of nitrogens with one attached hydrogen (secondary N) is 1. The Hall–Kier alpha value is -1.77. The van der Waals surface area contributed by atoms with Crippen molar-refractivity contribution < 1.29 is 27.3 Å². The number of ether oxygens (including phenoxy) is 1. The quantitative estimate of drug-likeness (QED) is 0.361. The molecule has 0 fully saturated rings. The fourth-order valence-corrected chi connectivity index (χ4v) is 4.00. The van der Waals surface area contributed by atoms with Crippen LogP contribution < -0.4 is 5.32 Å². The fourth-order valence-electron chi connectivity index (χ4n) is 3.27. The first-order valence-corrected chi connectivity index (χ1v) is 11.4. The Balaban J connectivity index is 2.35. The van der Waals surface area contributed by atoms with Gasteiger partial charge in [-0.25, -0.2) is 0 Å². The predicted molar refractivity (Wildman–Crippen MR) is 113 cm³/mol. The smallest absolute Gasteiger partial charge is 0.296 e. The van der Waals surface area contributed by atoms with Gasteiger partial charge in [0.2, 0.25) is 5.91 Å². The van der Waals surface area contributed by atoms with Gasteiger partial charge in [0, 0.05) is 19.4 Å². The number of methoxy groups -OCH3 is 1. The van der Waals surface area contributed by atoms with Gasteiger partial charge in [0.25, 0.3) is 10.1 Å². The zero-order valence-corrected chi connectivity index (χ0v) is 18.5. The molecule has 0 saturated carbocycles. The lowest BCUT2D eigenvalue weighted by molar-refractivity contribution is -0.125. The summed E-state index contributed by atoms with van der Waals surface area (Å²) in [5.74, 6) is -0.210. The van der Waals surface area contributed by atoms with Crippen molar-refractivity contribution in [3.05, 3.63) is 23.8 Å². The molecule has 0 aliphatic rings. The van der Waals surface area contributed by atoms with Gasteiger partial charge in [0.1, 0.15) is 10.7 Å². The number of unbranched alkanes of at least 4 members (excludes halogenated alkanes) is 4. The lowest BCUT2D eigenvalue weighted by Crippen LogP contribution is -2.25. The molecule has 2 N–H and O–H groups in total. The number of ketones is 1. The maximum Gasteiger partial charge on any atom is 0.296 e. The molecule has 0 aliphatic carbocycles. The summed E-state index contributed by atoms with van der Waals surface area (Å²) in [5.41, 5.74) is 0.758. The Bertz CT molecular complexity index is 790. The second-order valence-corrected chi connectivity index (χ2v) is 8.88. The number of hydrogen-bond donors (Lipinski definition) is 2. The maximum atomic E-state index is 12.1. The van der Waals surface area contributed by atoms with E-state index in [2.05, 4.69) is 5.32 Å². The van der Waals surface area contributed by atoms with Crippen molar-refractivity contribution in [3.8, 4) is 0 Å². The van der Waals surface area contributed by atoms with Crippen molar-refractivity contribution in [2.24, 2.45) is 5.92 Å². The number of carbonyl (C=O) groups excluding carboxylic acids is 2. The molecular formula is C21H33NO6S. The Morgan fingerprint density at radius 3 is 2.34 bits per heavy atom. The van der Waals surface area contributed by atoms with Gasteiger partial charge in [-0.1, -0.05) is 31.7 Å². The van der Waals surface area contributed by atoms with Gasteiger partial charge in [-0.2, -0.15) is 8.42 Å². The summed E-state index contributed by atoms with van der Waals surface area (Å²) in [4.78, 5) is 23.5. The first kappa shape index (κ1) is 25.3. The Morgan fingerprint density at radius 1 is 1.14 bits per heavy atom. The molecule has 2 atom stereocenters. The highest BCUT2D eigenvalue weighted by Gasteiger charge is 2.21. The molecule has 0 heterocycles. The molecule has 0 saturated heterocycles. The highest BCUT2D eigenvalue weighted by Crippen LogP contribution is 2.23. The Labute approximate surface area is 174 Å². The van der Waals surface area contributed by atoms with Crippen LogP contribution in [0.4, 0.5) is 5.69 Å². The second kappa shape index (κ2) is 12.0. The fraction of sp³-hybridized carbons (Fsp3) is 0.619. The van der Waals surface area contributed by atoms with E-state index in [0.29, 0.717) is 12.0 Å². The second-order valence-electron chi connectivity index (χ2n) is 7.49. The number of aryl methyl sites for hydroxylation is 1. The average Bonchev–Trinajstić information content (AvgIpc) is 2.63. The molecule has 1 aromatic rings. The summed E-state index contributed by atoms with van der Waals surface area (Å²) >= 11 is 0. The van der Waals surface area contributed by atoms with E-state index in [1.54, 1.807) is 27.0 Å². The first-order valence-electron chi connectivity index (χ1n) is 9.97. The van der Waals surface area contributed by atoms with Crippen molar-refractivity contribution in [2.75, 3.05) is 12.4 Å². The van der Waals surface area contributed by atoms with Gasteiger partial charge >= 0.3 is 0 Å². The minimum absolute atomic E-state index is 0.0720. The van der Waals surface area contributed by atoms with Crippen LogP contribution >= 0.6 is 0 Å². The van der Waals surface area contributed by atoms with Gasteiger partial charge in [0.05, 0.1) is 11.8 Å². The Morgan fingerprint density at radius 2 is 1.76 bits per heavy atom. The topological polar surface area (TPSA) is 110 Å². The number of rotatable bonds is 13. The van der Waals surface area contributed by atoms with Crippen molar-refractivity contribution in [1.29, 1.82) is 0 Å². The molecule has 0 aromatic heterocycles. The SMILES string of the molecule is COC(C)C(CCCCCCCC(=O)Nc1ccc(C)cc1S(=O)(=O)O)C(C)=O. The van der Waals surface area contributed by atoms with Crippen LogP contribution in [0.1, 0.15) is 64.4 Å². The summed E-state index contributed by atoms with van der Waals surface area (Å²) in [7, 11) is -2.79. The van der Waals surface area contributed by atoms with E-state index in [9.17, 15) is 22.6 Å². The third kappa shape index (κ3) is 9.06. The van der Waals surface area contributed by atoms with Crippen LogP contribution in [0.3, 0.4) is 0 Å². The molecule has 8 heteroatoms. The molecule has 7 nitrogen and oxygen atoms in total. The predicted octanol–water partition coefficient (Wildman–Crippen LogP) is 4.15. The number of Topliss-reactive ketones (excluding diaryl/α,β-unsaturated/α-hetero) is 1. The number of anilines is 1. The third-order valence-electron chi connectivity index (χ3n) is 5.07. The third-order valence-corrected chi connectivity index (χ3v) is 5.96. The van der Waals surface area contributed by atoms with Gasteiger partial charge in [0.15, 0.2) is 0 Å². The molecule has 1 aromatic carbocycles. The normalized spacial score (nSPS) is 13.7. The van der Waals surface area contributed by atoms with E-state index in [0.717, 1.165) is 32.1 Å². The molecular weight excluding hydrogens is 394 g/mol. The van der Waals surface area contributed by atoms with Crippen LogP contribution in [0.5, 0.6) is 0 Å². The van der Waals surface area contributed by atoms with Crippen LogP contribution in [0, 0.1) is 12.8 Å². The monoisotopic (exact) mass is 427 g/mol. The summed E-state index contributed by atoms with van der Waals surface area (Å²) in [6.07, 6.45) is 5.43. The summed E-state index contributed by atoms with van der Waals surface area (Å²) < 4.78 is 37.5. The molecule has 29 heavy (non-hydrogen) atoms. The van der Waals surface area contributed by atoms with Crippen LogP contribution in [-0.4, -0.2) is 37.9 Å². The van der Waals surface area contributed by atoms with Crippen LogP contribution in [-0.2, 0) is 24.4 Å². The van der Waals surface area contributed by atoms with Crippen molar-refractivity contribution in [3.63, 3.8) is 0 Å².